The number of methoxy groups -OCH3 is 1. The van der Waals surface area contributed by atoms with Gasteiger partial charge in [-0.25, -0.2) is 4.79 Å². The lowest BCUT2D eigenvalue weighted by atomic mass is 10.1. The fourth-order valence-corrected chi connectivity index (χ4v) is 3.51. The van der Waals surface area contributed by atoms with Crippen LogP contribution in [-0.2, 0) is 11.3 Å². The van der Waals surface area contributed by atoms with Gasteiger partial charge in [0.25, 0.3) is 0 Å². The van der Waals surface area contributed by atoms with E-state index in [1.807, 2.05) is 30.3 Å². The first-order valence-electron chi connectivity index (χ1n) is 9.86. The number of hydrogen-bond acceptors (Lipinski definition) is 3. The van der Waals surface area contributed by atoms with Crippen molar-refractivity contribution in [3.63, 3.8) is 0 Å². The van der Waals surface area contributed by atoms with Crippen molar-refractivity contribution in [1.82, 2.24) is 4.90 Å². The minimum atomic E-state index is -0.310. The summed E-state index contributed by atoms with van der Waals surface area (Å²) in [6.45, 7) is 7.51. The fraction of sp³-hybridized carbons (Fsp3) is 0.192. The van der Waals surface area contributed by atoms with Crippen LogP contribution in [0.4, 0.5) is 0 Å². The maximum atomic E-state index is 11.9. The molecule has 0 N–H and O–H groups in total. The summed E-state index contributed by atoms with van der Waals surface area (Å²) >= 11 is 0. The highest BCUT2D eigenvalue weighted by molar-refractivity contribution is 5.89. The summed E-state index contributed by atoms with van der Waals surface area (Å²) in [7, 11) is 1.41. The highest BCUT2D eigenvalue weighted by Gasteiger charge is 2.21. The zero-order valence-electron chi connectivity index (χ0n) is 17.1. The molecule has 0 aliphatic carbocycles. The molecular weight excluding hydrogens is 358 g/mol. The van der Waals surface area contributed by atoms with Crippen LogP contribution in [0.5, 0.6) is 0 Å². The molecule has 1 aliphatic rings. The van der Waals surface area contributed by atoms with Crippen molar-refractivity contribution in [2.45, 2.75) is 19.9 Å². The molecule has 0 saturated carbocycles. The minimum absolute atomic E-state index is 0.310. The Labute approximate surface area is 173 Å². The van der Waals surface area contributed by atoms with Crippen molar-refractivity contribution in [3.8, 4) is 0 Å². The summed E-state index contributed by atoms with van der Waals surface area (Å²) in [4.78, 5) is 14.2. The Balaban J connectivity index is 1.92. The number of carbonyl (C=O) groups excluding carboxylic acids is 1. The molecule has 3 nitrogen and oxygen atoms in total. The van der Waals surface area contributed by atoms with E-state index < -0.39 is 0 Å². The molecule has 0 spiro atoms. The Morgan fingerprint density at radius 3 is 2.66 bits per heavy atom. The monoisotopic (exact) mass is 385 g/mol. The van der Waals surface area contributed by atoms with E-state index in [1.165, 1.54) is 29.5 Å². The molecule has 1 heterocycles. The minimum Gasteiger partial charge on any atom is -0.465 e. The van der Waals surface area contributed by atoms with Gasteiger partial charge >= 0.3 is 5.97 Å². The average Bonchev–Trinajstić information content (AvgIpc) is 3.15. The normalized spacial score (nSPS) is 15.4. The summed E-state index contributed by atoms with van der Waals surface area (Å²) < 4.78 is 4.86. The van der Waals surface area contributed by atoms with Gasteiger partial charge in [-0.3, -0.25) is 0 Å². The predicted molar refractivity (Wildman–Crippen MR) is 119 cm³/mol. The van der Waals surface area contributed by atoms with Crippen LogP contribution in [-0.4, -0.2) is 24.5 Å². The van der Waals surface area contributed by atoms with Crippen molar-refractivity contribution in [2.75, 3.05) is 13.7 Å². The molecule has 0 fully saturated rings. The molecule has 0 bridgehead atoms. The van der Waals surface area contributed by atoms with Gasteiger partial charge in [-0.15, -0.1) is 0 Å². The second kappa shape index (κ2) is 9.74. The van der Waals surface area contributed by atoms with Crippen molar-refractivity contribution < 1.29 is 9.53 Å². The number of nitrogens with zero attached hydrogens (tertiary/aromatic N) is 1. The molecule has 2 aromatic carbocycles. The predicted octanol–water partition coefficient (Wildman–Crippen LogP) is 5.78. The molecule has 3 rings (SSSR count). The van der Waals surface area contributed by atoms with Crippen LogP contribution in [0.3, 0.4) is 0 Å². The van der Waals surface area contributed by atoms with Crippen LogP contribution in [0.15, 0.2) is 96.6 Å². The van der Waals surface area contributed by atoms with Crippen molar-refractivity contribution in [1.29, 1.82) is 0 Å². The van der Waals surface area contributed by atoms with Crippen molar-refractivity contribution in [2.24, 2.45) is 0 Å². The first kappa shape index (κ1) is 20.4. The first-order chi connectivity index (χ1) is 14.1. The number of allylic oxidation sites excluding steroid dienone is 4. The standard InChI is InChI=1S/C26H27NO2/c1-4-10-20(5-2)15-22-17-25(23-12-7-6-8-13-23)27(19-22)18-21-11-9-14-24(16-21)26(28)29-3/h4,6-17H,1,5,18-19H2,2-3H3/b20-10-,22-15-. The van der Waals surface area contributed by atoms with E-state index in [-0.39, 0.29) is 5.97 Å². The lowest BCUT2D eigenvalue weighted by Crippen LogP contribution is -2.19. The molecule has 29 heavy (non-hydrogen) atoms. The van der Waals surface area contributed by atoms with Gasteiger partial charge in [0, 0.05) is 18.8 Å². The molecule has 0 aromatic heterocycles. The van der Waals surface area contributed by atoms with E-state index in [9.17, 15) is 4.79 Å². The van der Waals surface area contributed by atoms with E-state index >= 15 is 0 Å². The topological polar surface area (TPSA) is 29.5 Å². The first-order valence-corrected chi connectivity index (χ1v) is 9.86. The number of ether oxygens (including phenoxy) is 1. The number of esters is 1. The third kappa shape index (κ3) is 5.14. The van der Waals surface area contributed by atoms with E-state index in [1.54, 1.807) is 6.07 Å². The summed E-state index contributed by atoms with van der Waals surface area (Å²) in [5.74, 6) is -0.310. The third-order valence-electron chi connectivity index (χ3n) is 4.94. The van der Waals surface area contributed by atoms with Crippen LogP contribution in [0.2, 0.25) is 0 Å². The van der Waals surface area contributed by atoms with E-state index in [0.717, 1.165) is 25.1 Å². The van der Waals surface area contributed by atoms with Gasteiger partial charge in [-0.2, -0.15) is 0 Å². The van der Waals surface area contributed by atoms with Crippen LogP contribution in [0.1, 0.15) is 34.8 Å². The maximum Gasteiger partial charge on any atom is 0.337 e. The van der Waals surface area contributed by atoms with Crippen molar-refractivity contribution >= 4 is 11.7 Å². The quantitative estimate of drug-likeness (QED) is 0.447. The second-order valence-electron chi connectivity index (χ2n) is 6.99. The van der Waals surface area contributed by atoms with Gasteiger partial charge in [0.15, 0.2) is 0 Å². The highest BCUT2D eigenvalue weighted by Crippen LogP contribution is 2.31. The number of rotatable bonds is 7. The van der Waals surface area contributed by atoms with Gasteiger partial charge in [0.05, 0.1) is 12.7 Å². The summed E-state index contributed by atoms with van der Waals surface area (Å²) in [5.41, 5.74) is 6.55. The summed E-state index contributed by atoms with van der Waals surface area (Å²) in [5, 5.41) is 0. The second-order valence-corrected chi connectivity index (χ2v) is 6.99. The Morgan fingerprint density at radius 1 is 1.17 bits per heavy atom. The molecule has 2 aromatic rings. The smallest absolute Gasteiger partial charge is 0.337 e. The lowest BCUT2D eigenvalue weighted by molar-refractivity contribution is 0.0600. The molecule has 148 valence electrons. The Kier molecular flexibility index (Phi) is 6.85. The van der Waals surface area contributed by atoms with E-state index in [4.69, 9.17) is 4.74 Å². The summed E-state index contributed by atoms with van der Waals surface area (Å²) in [6.07, 6.45) is 9.36. The van der Waals surface area contributed by atoms with Crippen LogP contribution >= 0.6 is 0 Å². The SMILES string of the molecule is C=C/C=C(\C=C1\C=C(c2ccccc2)N(Cc2cccc(C(=O)OC)c2)C1)CC. The lowest BCUT2D eigenvalue weighted by Gasteiger charge is -2.23. The zero-order chi connectivity index (χ0) is 20.6. The Hall–Kier alpha value is -3.33. The zero-order valence-corrected chi connectivity index (χ0v) is 17.1. The fourth-order valence-electron chi connectivity index (χ4n) is 3.51. The Bertz CT molecular complexity index is 967. The van der Waals surface area contributed by atoms with E-state index in [2.05, 4.69) is 60.9 Å². The van der Waals surface area contributed by atoms with Gasteiger partial charge in [0.2, 0.25) is 0 Å². The Morgan fingerprint density at radius 2 is 1.97 bits per heavy atom. The average molecular weight is 386 g/mol. The molecule has 0 radical (unpaired) electrons. The molecule has 0 unspecified atom stereocenters. The van der Waals surface area contributed by atoms with Crippen LogP contribution < -0.4 is 0 Å². The van der Waals surface area contributed by atoms with Crippen molar-refractivity contribution in [3.05, 3.63) is 113 Å². The molecule has 0 atom stereocenters. The molecule has 3 heteroatoms. The number of hydrogen-bond donors (Lipinski definition) is 0. The molecular formula is C26H27NO2. The van der Waals surface area contributed by atoms with Gasteiger partial charge in [-0.05, 0) is 46.9 Å². The highest BCUT2D eigenvalue weighted by atomic mass is 16.5. The van der Waals surface area contributed by atoms with E-state index in [0.29, 0.717) is 5.56 Å². The number of carbonyl (C=O) groups is 1. The van der Waals surface area contributed by atoms with Gasteiger partial charge < -0.3 is 9.64 Å². The summed E-state index contributed by atoms with van der Waals surface area (Å²) in [6, 6.07) is 18.1. The van der Waals surface area contributed by atoms with Gasteiger partial charge in [0.1, 0.15) is 0 Å². The third-order valence-corrected chi connectivity index (χ3v) is 4.94. The largest absolute Gasteiger partial charge is 0.465 e. The molecule has 0 amide bonds. The molecule has 1 aliphatic heterocycles. The number of benzene rings is 2. The van der Waals surface area contributed by atoms with Gasteiger partial charge in [-0.1, -0.05) is 74.2 Å². The van der Waals surface area contributed by atoms with Crippen LogP contribution in [0.25, 0.3) is 5.70 Å². The maximum absolute atomic E-state index is 11.9. The molecule has 0 saturated heterocycles. The van der Waals surface area contributed by atoms with Crippen LogP contribution in [0, 0.1) is 0 Å².